The predicted octanol–water partition coefficient (Wildman–Crippen LogP) is 3.48. The summed E-state index contributed by atoms with van der Waals surface area (Å²) in [5.41, 5.74) is 0. The summed E-state index contributed by atoms with van der Waals surface area (Å²) in [5.74, 6) is -2.82. The van der Waals surface area contributed by atoms with E-state index in [1.165, 1.54) is 0 Å². The highest BCUT2D eigenvalue weighted by molar-refractivity contribution is 6.44. The van der Waals surface area contributed by atoms with Crippen LogP contribution in [0.3, 0.4) is 0 Å². The molecule has 0 aliphatic heterocycles. The summed E-state index contributed by atoms with van der Waals surface area (Å²) >= 11 is 0. The molecule has 0 saturated carbocycles. The van der Waals surface area contributed by atoms with E-state index in [4.69, 9.17) is 14.0 Å². The lowest BCUT2D eigenvalue weighted by Gasteiger charge is -2.22. The van der Waals surface area contributed by atoms with E-state index in [1.807, 2.05) is 41.5 Å². The summed E-state index contributed by atoms with van der Waals surface area (Å²) < 4.78 is 15.4. The standard InChI is InChI=1S/C18H33BO6/c1-10(2)13(7)16(20)23-19(24-17(21)14(8)11(3)4)25-18(22)15(9)12(5)6/h10-15H,1-9H3. The number of hydrogen-bond donors (Lipinski definition) is 0. The van der Waals surface area contributed by atoms with E-state index in [9.17, 15) is 14.4 Å². The number of carbonyl (C=O) groups is 3. The Morgan fingerprint density at radius 1 is 0.520 bits per heavy atom. The highest BCUT2D eigenvalue weighted by atomic mass is 16.8. The van der Waals surface area contributed by atoms with Crippen molar-refractivity contribution in [3.8, 4) is 0 Å². The first kappa shape index (κ1) is 23.5. The predicted molar refractivity (Wildman–Crippen MR) is 96.0 cm³/mol. The van der Waals surface area contributed by atoms with Crippen molar-refractivity contribution in [1.82, 2.24) is 0 Å². The lowest BCUT2D eigenvalue weighted by atomic mass is 9.96. The lowest BCUT2D eigenvalue weighted by molar-refractivity contribution is -0.154. The van der Waals surface area contributed by atoms with E-state index >= 15 is 0 Å². The second kappa shape index (κ2) is 10.5. The van der Waals surface area contributed by atoms with Gasteiger partial charge in [0.05, 0.1) is 17.8 Å². The summed E-state index contributed by atoms with van der Waals surface area (Å²) in [7, 11) is -1.66. The second-order valence-corrected chi connectivity index (χ2v) is 7.70. The second-order valence-electron chi connectivity index (χ2n) is 7.70. The Labute approximate surface area is 152 Å². The monoisotopic (exact) mass is 356 g/mol. The Hall–Kier alpha value is -1.53. The van der Waals surface area contributed by atoms with Crippen molar-refractivity contribution in [2.45, 2.75) is 62.3 Å². The average Bonchev–Trinajstić information content (AvgIpc) is 2.51. The molecule has 0 aromatic heterocycles. The van der Waals surface area contributed by atoms with Gasteiger partial charge in [-0.05, 0) is 17.8 Å². The van der Waals surface area contributed by atoms with E-state index in [-0.39, 0.29) is 17.8 Å². The van der Waals surface area contributed by atoms with Crippen molar-refractivity contribution in [3.63, 3.8) is 0 Å². The molecule has 0 heterocycles. The van der Waals surface area contributed by atoms with Gasteiger partial charge in [-0.3, -0.25) is 14.4 Å². The summed E-state index contributed by atoms with van der Waals surface area (Å²) in [6.45, 7) is 16.4. The van der Waals surface area contributed by atoms with Gasteiger partial charge in [-0.15, -0.1) is 0 Å². The highest BCUT2D eigenvalue weighted by Gasteiger charge is 2.40. The molecule has 3 atom stereocenters. The molecular weight excluding hydrogens is 323 g/mol. The minimum Gasteiger partial charge on any atom is -0.462 e. The Kier molecular flexibility index (Phi) is 9.82. The van der Waals surface area contributed by atoms with Crippen LogP contribution in [0.25, 0.3) is 0 Å². The Morgan fingerprint density at radius 2 is 0.720 bits per heavy atom. The van der Waals surface area contributed by atoms with Gasteiger partial charge < -0.3 is 14.0 Å². The van der Waals surface area contributed by atoms with Crippen molar-refractivity contribution in [2.24, 2.45) is 35.5 Å². The molecule has 0 saturated heterocycles. The van der Waals surface area contributed by atoms with Gasteiger partial charge in [0.15, 0.2) is 0 Å². The molecule has 0 aromatic rings. The third-order valence-electron chi connectivity index (χ3n) is 4.75. The van der Waals surface area contributed by atoms with Gasteiger partial charge in [0.1, 0.15) is 0 Å². The quantitative estimate of drug-likeness (QED) is 0.589. The molecule has 0 N–H and O–H groups in total. The number of hydrogen-bond acceptors (Lipinski definition) is 6. The third-order valence-corrected chi connectivity index (χ3v) is 4.75. The van der Waals surface area contributed by atoms with Crippen molar-refractivity contribution in [1.29, 1.82) is 0 Å². The van der Waals surface area contributed by atoms with Crippen LogP contribution in [-0.4, -0.2) is 25.2 Å². The zero-order chi connectivity index (χ0) is 19.9. The zero-order valence-corrected chi connectivity index (χ0v) is 17.0. The van der Waals surface area contributed by atoms with Crippen molar-refractivity contribution < 1.29 is 28.3 Å². The molecule has 0 amide bonds. The molecule has 144 valence electrons. The molecule has 7 heteroatoms. The average molecular weight is 356 g/mol. The van der Waals surface area contributed by atoms with Crippen LogP contribution in [0.5, 0.6) is 0 Å². The molecule has 0 rings (SSSR count). The Morgan fingerprint density at radius 3 is 0.880 bits per heavy atom. The minimum atomic E-state index is -1.66. The fourth-order valence-corrected chi connectivity index (χ4v) is 1.50. The Balaban J connectivity index is 5.14. The molecule has 6 nitrogen and oxygen atoms in total. The summed E-state index contributed by atoms with van der Waals surface area (Å²) in [6, 6.07) is 0. The molecule has 0 aliphatic carbocycles. The van der Waals surface area contributed by atoms with E-state index in [2.05, 4.69) is 0 Å². The molecule has 0 aliphatic rings. The molecule has 25 heavy (non-hydrogen) atoms. The van der Waals surface area contributed by atoms with Gasteiger partial charge in [0.2, 0.25) is 0 Å². The molecule has 0 bridgehead atoms. The van der Waals surface area contributed by atoms with Crippen molar-refractivity contribution >= 4 is 25.2 Å². The number of rotatable bonds is 9. The van der Waals surface area contributed by atoms with Crippen LogP contribution in [0.4, 0.5) is 0 Å². The van der Waals surface area contributed by atoms with E-state index in [1.54, 1.807) is 20.8 Å². The summed E-state index contributed by atoms with van der Waals surface area (Å²) in [4.78, 5) is 36.5. The maximum Gasteiger partial charge on any atom is 0.870 e. The van der Waals surface area contributed by atoms with E-state index < -0.39 is 43.0 Å². The van der Waals surface area contributed by atoms with Crippen LogP contribution in [0.1, 0.15) is 62.3 Å². The summed E-state index contributed by atoms with van der Waals surface area (Å²) in [6.07, 6.45) is 0. The normalized spacial score (nSPS) is 14.9. The lowest BCUT2D eigenvalue weighted by Crippen LogP contribution is -2.40. The van der Waals surface area contributed by atoms with Crippen molar-refractivity contribution in [3.05, 3.63) is 0 Å². The number of carbonyl (C=O) groups excluding carboxylic acids is 3. The molecule has 3 unspecified atom stereocenters. The fourth-order valence-electron chi connectivity index (χ4n) is 1.50. The van der Waals surface area contributed by atoms with Crippen LogP contribution in [-0.2, 0) is 28.3 Å². The zero-order valence-electron chi connectivity index (χ0n) is 17.0. The first-order valence-corrected chi connectivity index (χ1v) is 8.99. The largest absolute Gasteiger partial charge is 0.870 e. The molecule has 0 spiro atoms. The van der Waals surface area contributed by atoms with Gasteiger partial charge in [0.25, 0.3) is 17.9 Å². The third kappa shape index (κ3) is 7.93. The highest BCUT2D eigenvalue weighted by Crippen LogP contribution is 2.17. The maximum atomic E-state index is 12.2. The van der Waals surface area contributed by atoms with Crippen LogP contribution < -0.4 is 0 Å². The van der Waals surface area contributed by atoms with Crippen LogP contribution >= 0.6 is 0 Å². The fraction of sp³-hybridized carbons (Fsp3) is 0.833. The van der Waals surface area contributed by atoms with Crippen LogP contribution in [0.15, 0.2) is 0 Å². The van der Waals surface area contributed by atoms with Crippen LogP contribution in [0, 0.1) is 35.5 Å². The van der Waals surface area contributed by atoms with E-state index in [0.29, 0.717) is 0 Å². The van der Waals surface area contributed by atoms with Crippen LogP contribution in [0.2, 0.25) is 0 Å². The van der Waals surface area contributed by atoms with Gasteiger partial charge in [0, 0.05) is 0 Å². The first-order chi connectivity index (χ1) is 11.4. The maximum absolute atomic E-state index is 12.2. The van der Waals surface area contributed by atoms with E-state index in [0.717, 1.165) is 0 Å². The molecule has 0 fully saturated rings. The van der Waals surface area contributed by atoms with Gasteiger partial charge >= 0.3 is 7.32 Å². The molecular formula is C18H33BO6. The minimum absolute atomic E-state index is 0.0451. The molecule has 0 radical (unpaired) electrons. The van der Waals surface area contributed by atoms with Gasteiger partial charge in [-0.2, -0.15) is 0 Å². The SMILES string of the molecule is CC(C)C(C)C(=O)OB(OC(=O)C(C)C(C)C)OC(=O)C(C)C(C)C. The molecule has 0 aromatic carbocycles. The summed E-state index contributed by atoms with van der Waals surface area (Å²) in [5, 5.41) is 0. The topological polar surface area (TPSA) is 78.9 Å². The van der Waals surface area contributed by atoms with Crippen molar-refractivity contribution in [2.75, 3.05) is 0 Å². The first-order valence-electron chi connectivity index (χ1n) is 8.99. The Bertz CT molecular complexity index is 394. The van der Waals surface area contributed by atoms with Gasteiger partial charge in [-0.1, -0.05) is 62.3 Å². The van der Waals surface area contributed by atoms with Gasteiger partial charge in [-0.25, -0.2) is 0 Å². The smallest absolute Gasteiger partial charge is 0.462 e.